The molecule has 8 nitrogen and oxygen atoms in total. The Morgan fingerprint density at radius 1 is 1.53 bits per heavy atom. The zero-order valence-electron chi connectivity index (χ0n) is 10.7. The van der Waals surface area contributed by atoms with Crippen LogP contribution in [0.4, 0.5) is 10.5 Å². The number of nitrogens with zero attached hydrogens (tertiary/aromatic N) is 3. The highest BCUT2D eigenvalue weighted by Crippen LogP contribution is 2.20. The summed E-state index contributed by atoms with van der Waals surface area (Å²) in [4.78, 5) is 24.2. The number of rotatable bonds is 2. The number of aliphatic carboxylic acids is 1. The lowest BCUT2D eigenvalue weighted by atomic mass is 10.2. The minimum Gasteiger partial charge on any atom is -0.480 e. The summed E-state index contributed by atoms with van der Waals surface area (Å²) in [5, 5.41) is 25.2. The molecule has 0 spiro atoms. The van der Waals surface area contributed by atoms with Gasteiger partial charge in [0.2, 0.25) is 0 Å². The van der Waals surface area contributed by atoms with Crippen LogP contribution in [0.1, 0.15) is 12.1 Å². The van der Waals surface area contributed by atoms with Crippen molar-refractivity contribution in [3.63, 3.8) is 0 Å². The number of β-amino-alcohol motifs (C(OH)–C–C–N with tert-alkyl or cyclic N) is 1. The minimum atomic E-state index is -1.12. The van der Waals surface area contributed by atoms with E-state index < -0.39 is 24.1 Å². The number of aliphatic hydroxyl groups excluding tert-OH is 1. The van der Waals surface area contributed by atoms with Gasteiger partial charge in [-0.1, -0.05) is 0 Å². The van der Waals surface area contributed by atoms with Crippen molar-refractivity contribution in [2.24, 2.45) is 7.05 Å². The standard InChI is InChI=1S/C11H16N4O4/c1-6-8(5-14(2)13-6)12-11(19)15-4-7(16)3-9(15)10(17)18/h5,7,9,16H,3-4H2,1-2H3,(H,12,19)(H,17,18)/t7-,9-/m0/s1. The summed E-state index contributed by atoms with van der Waals surface area (Å²) < 4.78 is 1.55. The summed E-state index contributed by atoms with van der Waals surface area (Å²) in [6.07, 6.45) is 0.881. The Balaban J connectivity index is 2.11. The fourth-order valence-corrected chi connectivity index (χ4v) is 2.18. The number of hydrogen-bond acceptors (Lipinski definition) is 4. The molecule has 0 aliphatic carbocycles. The molecule has 19 heavy (non-hydrogen) atoms. The first-order chi connectivity index (χ1) is 8.88. The van der Waals surface area contributed by atoms with E-state index in [0.717, 1.165) is 4.90 Å². The lowest BCUT2D eigenvalue weighted by Crippen LogP contribution is -2.43. The molecule has 0 unspecified atom stereocenters. The van der Waals surface area contributed by atoms with E-state index in [9.17, 15) is 14.7 Å². The van der Waals surface area contributed by atoms with Gasteiger partial charge in [-0.05, 0) is 6.92 Å². The molecule has 2 amide bonds. The van der Waals surface area contributed by atoms with Gasteiger partial charge in [-0.15, -0.1) is 0 Å². The maximum atomic E-state index is 12.0. The highest BCUT2D eigenvalue weighted by molar-refractivity contribution is 5.93. The van der Waals surface area contributed by atoms with E-state index in [0.29, 0.717) is 11.4 Å². The van der Waals surface area contributed by atoms with Gasteiger partial charge in [-0.2, -0.15) is 5.10 Å². The number of amides is 2. The van der Waals surface area contributed by atoms with Crippen LogP contribution in [0, 0.1) is 6.92 Å². The number of carboxylic acids is 1. The number of carbonyl (C=O) groups excluding carboxylic acids is 1. The number of anilines is 1. The number of nitrogens with one attached hydrogen (secondary N) is 1. The molecule has 104 valence electrons. The van der Waals surface area contributed by atoms with E-state index in [2.05, 4.69) is 10.4 Å². The molecule has 0 aromatic carbocycles. The molecule has 1 aromatic rings. The molecule has 2 atom stereocenters. The lowest BCUT2D eigenvalue weighted by molar-refractivity contribution is -0.141. The normalized spacial score (nSPS) is 22.6. The molecule has 0 saturated carbocycles. The van der Waals surface area contributed by atoms with Crippen LogP contribution in [0.15, 0.2) is 6.20 Å². The molecule has 1 saturated heterocycles. The molecule has 2 heterocycles. The average molecular weight is 268 g/mol. The van der Waals surface area contributed by atoms with Gasteiger partial charge in [0, 0.05) is 26.2 Å². The smallest absolute Gasteiger partial charge is 0.326 e. The second-order valence-electron chi connectivity index (χ2n) is 4.63. The summed E-state index contributed by atoms with van der Waals surface area (Å²) >= 11 is 0. The van der Waals surface area contributed by atoms with E-state index in [4.69, 9.17) is 5.11 Å². The second-order valence-corrected chi connectivity index (χ2v) is 4.63. The third-order valence-electron chi connectivity index (χ3n) is 3.08. The summed E-state index contributed by atoms with van der Waals surface area (Å²) in [6.45, 7) is 1.76. The predicted octanol–water partition coefficient (Wildman–Crippen LogP) is -0.220. The third-order valence-corrected chi connectivity index (χ3v) is 3.08. The first-order valence-corrected chi connectivity index (χ1v) is 5.87. The average Bonchev–Trinajstić information content (AvgIpc) is 2.83. The van der Waals surface area contributed by atoms with Crippen molar-refractivity contribution in [3.8, 4) is 0 Å². The number of carboxylic acid groups (broad SMARTS) is 1. The molecule has 1 fully saturated rings. The maximum absolute atomic E-state index is 12.0. The van der Waals surface area contributed by atoms with Gasteiger partial charge in [-0.3, -0.25) is 4.68 Å². The molecule has 1 aliphatic heterocycles. The van der Waals surface area contributed by atoms with Crippen molar-refractivity contribution in [1.29, 1.82) is 0 Å². The monoisotopic (exact) mass is 268 g/mol. The summed E-state index contributed by atoms with van der Waals surface area (Å²) in [6, 6.07) is -1.54. The van der Waals surface area contributed by atoms with Gasteiger partial charge < -0.3 is 20.4 Å². The third kappa shape index (κ3) is 2.68. The van der Waals surface area contributed by atoms with Gasteiger partial charge in [0.25, 0.3) is 0 Å². The van der Waals surface area contributed by atoms with Crippen LogP contribution in [-0.4, -0.2) is 55.6 Å². The van der Waals surface area contributed by atoms with Gasteiger partial charge in [0.1, 0.15) is 6.04 Å². The zero-order valence-corrected chi connectivity index (χ0v) is 10.7. The molecule has 2 rings (SSSR count). The molecule has 1 aliphatic rings. The van der Waals surface area contributed by atoms with Crippen molar-refractivity contribution < 1.29 is 19.8 Å². The Bertz CT molecular complexity index is 513. The number of aliphatic hydroxyl groups is 1. The van der Waals surface area contributed by atoms with Gasteiger partial charge in [0.15, 0.2) is 0 Å². The predicted molar refractivity (Wildman–Crippen MR) is 65.7 cm³/mol. The highest BCUT2D eigenvalue weighted by Gasteiger charge is 2.39. The minimum absolute atomic E-state index is 0.0160. The fraction of sp³-hybridized carbons (Fsp3) is 0.545. The van der Waals surface area contributed by atoms with Crippen LogP contribution in [0.25, 0.3) is 0 Å². The van der Waals surface area contributed by atoms with Crippen molar-refractivity contribution >= 4 is 17.7 Å². The number of urea groups is 1. The number of carbonyl (C=O) groups is 2. The first kappa shape index (κ1) is 13.3. The lowest BCUT2D eigenvalue weighted by Gasteiger charge is -2.21. The topological polar surface area (TPSA) is 108 Å². The van der Waals surface area contributed by atoms with Crippen molar-refractivity contribution in [1.82, 2.24) is 14.7 Å². The Hall–Kier alpha value is -2.09. The molecule has 0 bridgehead atoms. The number of likely N-dealkylation sites (tertiary alicyclic amines) is 1. The first-order valence-electron chi connectivity index (χ1n) is 5.87. The van der Waals surface area contributed by atoms with Crippen LogP contribution in [0.5, 0.6) is 0 Å². The van der Waals surface area contributed by atoms with Crippen molar-refractivity contribution in [2.45, 2.75) is 25.5 Å². The Morgan fingerprint density at radius 2 is 2.21 bits per heavy atom. The molecule has 0 radical (unpaired) electrons. The number of aryl methyl sites for hydroxylation is 2. The molecular formula is C11H16N4O4. The van der Waals surface area contributed by atoms with Gasteiger partial charge in [-0.25, -0.2) is 9.59 Å². The molecular weight excluding hydrogens is 252 g/mol. The van der Waals surface area contributed by atoms with Gasteiger partial charge in [0.05, 0.1) is 17.5 Å². The largest absolute Gasteiger partial charge is 0.480 e. The highest BCUT2D eigenvalue weighted by atomic mass is 16.4. The van der Waals surface area contributed by atoms with Crippen LogP contribution in [0.2, 0.25) is 0 Å². The van der Waals surface area contributed by atoms with E-state index in [1.54, 1.807) is 24.9 Å². The second kappa shape index (κ2) is 4.88. The van der Waals surface area contributed by atoms with Crippen molar-refractivity contribution in [3.05, 3.63) is 11.9 Å². The van der Waals surface area contributed by atoms with Crippen LogP contribution in [-0.2, 0) is 11.8 Å². The van der Waals surface area contributed by atoms with E-state index in [-0.39, 0.29) is 13.0 Å². The molecule has 1 aromatic heterocycles. The Labute approximate surface area is 109 Å². The summed E-state index contributed by atoms with van der Waals surface area (Å²) in [7, 11) is 1.72. The Kier molecular flexibility index (Phi) is 3.43. The van der Waals surface area contributed by atoms with E-state index in [1.807, 2.05) is 0 Å². The Morgan fingerprint density at radius 3 is 2.74 bits per heavy atom. The molecule has 3 N–H and O–H groups in total. The van der Waals surface area contributed by atoms with Crippen LogP contribution >= 0.6 is 0 Å². The number of aromatic nitrogens is 2. The van der Waals surface area contributed by atoms with E-state index in [1.165, 1.54) is 0 Å². The van der Waals surface area contributed by atoms with Gasteiger partial charge >= 0.3 is 12.0 Å². The molecule has 8 heteroatoms. The van der Waals surface area contributed by atoms with Crippen LogP contribution < -0.4 is 5.32 Å². The summed E-state index contributed by atoms with van der Waals surface area (Å²) in [5.74, 6) is -1.12. The van der Waals surface area contributed by atoms with Crippen molar-refractivity contribution in [2.75, 3.05) is 11.9 Å². The SMILES string of the molecule is Cc1nn(C)cc1NC(=O)N1C[C@@H](O)C[C@H]1C(=O)O. The number of hydrogen-bond donors (Lipinski definition) is 3. The summed E-state index contributed by atoms with van der Waals surface area (Å²) in [5.41, 5.74) is 1.17. The maximum Gasteiger partial charge on any atom is 0.326 e. The quantitative estimate of drug-likeness (QED) is 0.687. The fourth-order valence-electron chi connectivity index (χ4n) is 2.18. The zero-order chi connectivity index (χ0) is 14.2. The van der Waals surface area contributed by atoms with Crippen LogP contribution in [0.3, 0.4) is 0 Å². The van der Waals surface area contributed by atoms with E-state index >= 15 is 0 Å².